The van der Waals surface area contributed by atoms with Crippen molar-refractivity contribution in [1.82, 2.24) is 20.6 Å². The van der Waals surface area contributed by atoms with E-state index in [1.165, 1.54) is 4.68 Å². The summed E-state index contributed by atoms with van der Waals surface area (Å²) in [6.45, 7) is 2.05. The van der Waals surface area contributed by atoms with Crippen LogP contribution in [0.5, 0.6) is 0 Å². The summed E-state index contributed by atoms with van der Waals surface area (Å²) in [5.41, 5.74) is 6.12. The van der Waals surface area contributed by atoms with E-state index in [1.54, 1.807) is 6.92 Å². The van der Waals surface area contributed by atoms with Crippen LogP contribution in [-0.4, -0.2) is 41.5 Å². The number of carbonyl (C=O) groups is 2. The largest absolute Gasteiger partial charge is 0.274 e. The molecule has 2 aromatic rings. The Morgan fingerprint density at radius 2 is 1.96 bits per heavy atom. The topological polar surface area (TPSA) is 110 Å². The van der Waals surface area contributed by atoms with E-state index in [9.17, 15) is 18.0 Å². The van der Waals surface area contributed by atoms with Gasteiger partial charge >= 0.3 is 0 Å². The van der Waals surface area contributed by atoms with Crippen LogP contribution in [0.1, 0.15) is 28.0 Å². The fourth-order valence-corrected chi connectivity index (χ4v) is 5.02. The number of carbonyl (C=O) groups excluding carboxylic acids is 2. The normalized spacial score (nSPS) is 18.2. The lowest BCUT2D eigenvalue weighted by Crippen LogP contribution is -2.45. The molecule has 27 heavy (non-hydrogen) atoms. The minimum Gasteiger partial charge on any atom is -0.273 e. The summed E-state index contributed by atoms with van der Waals surface area (Å²) in [5, 5.41) is 4.44. The molecule has 8 nitrogen and oxygen atoms in total. The summed E-state index contributed by atoms with van der Waals surface area (Å²) >= 11 is 6.30. The van der Waals surface area contributed by atoms with E-state index >= 15 is 0 Å². The van der Waals surface area contributed by atoms with Gasteiger partial charge in [0, 0.05) is 0 Å². The summed E-state index contributed by atoms with van der Waals surface area (Å²) in [4.78, 5) is 24.5. The molecule has 1 aromatic heterocycles. The van der Waals surface area contributed by atoms with Gasteiger partial charge in [-0.05, 0) is 18.9 Å². The number of nitrogens with zero attached hydrogens (tertiary/aromatic N) is 2. The Kier molecular flexibility index (Phi) is 5.52. The second kappa shape index (κ2) is 7.69. The van der Waals surface area contributed by atoms with Crippen molar-refractivity contribution in [3.63, 3.8) is 0 Å². The van der Waals surface area contributed by atoms with Gasteiger partial charge in [-0.3, -0.25) is 20.4 Å². The van der Waals surface area contributed by atoms with Gasteiger partial charge in [-0.1, -0.05) is 41.9 Å². The zero-order chi connectivity index (χ0) is 19.6. The lowest BCUT2D eigenvalue weighted by molar-refractivity contribution is -0.125. The van der Waals surface area contributed by atoms with E-state index < -0.39 is 27.6 Å². The standard InChI is InChI=1S/C17H19ClN4O4S/c1-11-14(15(18)22(21-11)9-12-5-3-2-4-6-12)17(24)20-19-16(23)13-7-8-27(25,26)10-13/h2-6,13H,7-10H2,1H3,(H,19,23)(H,20,24)/t13-/m1/s1. The first-order valence-electron chi connectivity index (χ1n) is 8.34. The highest BCUT2D eigenvalue weighted by Gasteiger charge is 2.33. The number of rotatable bonds is 4. The molecule has 1 aliphatic rings. The number of aryl methyl sites for hydroxylation is 1. The molecule has 1 saturated heterocycles. The Hall–Kier alpha value is -2.39. The molecule has 1 aliphatic heterocycles. The van der Waals surface area contributed by atoms with Crippen molar-refractivity contribution in [3.05, 3.63) is 52.3 Å². The number of sulfone groups is 1. The third kappa shape index (κ3) is 4.48. The zero-order valence-corrected chi connectivity index (χ0v) is 16.2. The molecule has 0 bridgehead atoms. The van der Waals surface area contributed by atoms with E-state index in [1.807, 2.05) is 30.3 Å². The van der Waals surface area contributed by atoms with E-state index in [-0.39, 0.29) is 28.6 Å². The molecular formula is C17H19ClN4O4S. The zero-order valence-electron chi connectivity index (χ0n) is 14.6. The van der Waals surface area contributed by atoms with Gasteiger partial charge in [0.05, 0.1) is 29.7 Å². The first-order valence-corrected chi connectivity index (χ1v) is 10.5. The van der Waals surface area contributed by atoms with Crippen molar-refractivity contribution in [3.8, 4) is 0 Å². The second-order valence-electron chi connectivity index (χ2n) is 6.44. The van der Waals surface area contributed by atoms with Crippen molar-refractivity contribution in [1.29, 1.82) is 0 Å². The van der Waals surface area contributed by atoms with Crippen molar-refractivity contribution >= 4 is 33.3 Å². The molecular weight excluding hydrogens is 392 g/mol. The highest BCUT2D eigenvalue weighted by atomic mass is 35.5. The van der Waals surface area contributed by atoms with E-state index in [2.05, 4.69) is 16.0 Å². The Bertz CT molecular complexity index is 972. The molecule has 144 valence electrons. The number of nitrogens with one attached hydrogen (secondary N) is 2. The SMILES string of the molecule is Cc1nn(Cc2ccccc2)c(Cl)c1C(=O)NNC(=O)[C@@H]1CCS(=O)(=O)C1. The predicted octanol–water partition coefficient (Wildman–Crippen LogP) is 1.09. The summed E-state index contributed by atoms with van der Waals surface area (Å²) < 4.78 is 24.4. The number of amides is 2. The first-order chi connectivity index (χ1) is 12.8. The van der Waals surface area contributed by atoms with Crippen LogP contribution in [0.25, 0.3) is 0 Å². The number of hydrazine groups is 1. The van der Waals surface area contributed by atoms with E-state index in [0.717, 1.165) is 5.56 Å². The molecule has 1 atom stereocenters. The molecule has 0 radical (unpaired) electrons. The maximum absolute atomic E-state index is 12.4. The minimum absolute atomic E-state index is 0.0176. The molecule has 1 aromatic carbocycles. The Balaban J connectivity index is 1.65. The highest BCUT2D eigenvalue weighted by Crippen LogP contribution is 2.21. The van der Waals surface area contributed by atoms with Gasteiger partial charge < -0.3 is 0 Å². The highest BCUT2D eigenvalue weighted by molar-refractivity contribution is 7.91. The minimum atomic E-state index is -3.18. The fraction of sp³-hybridized carbons (Fsp3) is 0.353. The van der Waals surface area contributed by atoms with Crippen LogP contribution >= 0.6 is 11.6 Å². The predicted molar refractivity (Wildman–Crippen MR) is 99.9 cm³/mol. The molecule has 1 fully saturated rings. The van der Waals surface area contributed by atoms with Crippen LogP contribution < -0.4 is 10.9 Å². The lowest BCUT2D eigenvalue weighted by atomic mass is 10.1. The average molecular weight is 411 g/mol. The molecule has 0 saturated carbocycles. The molecule has 10 heteroatoms. The summed E-state index contributed by atoms with van der Waals surface area (Å²) in [6, 6.07) is 9.53. The molecule has 2 amide bonds. The van der Waals surface area contributed by atoms with Gasteiger partial charge in [0.25, 0.3) is 5.91 Å². The molecule has 0 aliphatic carbocycles. The smallest absolute Gasteiger partial charge is 0.273 e. The lowest BCUT2D eigenvalue weighted by Gasteiger charge is -2.10. The molecule has 2 N–H and O–H groups in total. The van der Waals surface area contributed by atoms with Crippen molar-refractivity contribution in [2.45, 2.75) is 19.9 Å². The van der Waals surface area contributed by atoms with Gasteiger partial charge in [0.15, 0.2) is 9.84 Å². The monoisotopic (exact) mass is 410 g/mol. The van der Waals surface area contributed by atoms with Gasteiger partial charge in [0.2, 0.25) is 5.91 Å². The molecule has 0 spiro atoms. The van der Waals surface area contributed by atoms with E-state index in [4.69, 9.17) is 11.6 Å². The number of hydrogen-bond acceptors (Lipinski definition) is 5. The third-order valence-corrected chi connectivity index (χ3v) is 6.52. The van der Waals surface area contributed by atoms with Crippen molar-refractivity contribution in [2.75, 3.05) is 11.5 Å². The number of halogens is 1. The van der Waals surface area contributed by atoms with Gasteiger partial charge in [-0.25, -0.2) is 13.1 Å². The summed E-state index contributed by atoms with van der Waals surface area (Å²) in [5.74, 6) is -2.02. The van der Waals surface area contributed by atoms with Crippen LogP contribution in [0, 0.1) is 12.8 Å². The van der Waals surface area contributed by atoms with Crippen molar-refractivity contribution in [2.24, 2.45) is 5.92 Å². The van der Waals surface area contributed by atoms with E-state index in [0.29, 0.717) is 12.2 Å². The number of hydrogen-bond donors (Lipinski definition) is 2. The molecule has 3 rings (SSSR count). The average Bonchev–Trinajstić information content (AvgIpc) is 3.12. The Labute approximate surface area is 161 Å². The third-order valence-electron chi connectivity index (χ3n) is 4.37. The van der Waals surface area contributed by atoms with Gasteiger partial charge in [-0.15, -0.1) is 0 Å². The van der Waals surface area contributed by atoms with Crippen LogP contribution in [0.2, 0.25) is 5.15 Å². The molecule has 0 unspecified atom stereocenters. The summed E-state index contributed by atoms with van der Waals surface area (Å²) in [6.07, 6.45) is 0.249. The van der Waals surface area contributed by atoms with Gasteiger partial charge in [0.1, 0.15) is 10.7 Å². The first kappa shape index (κ1) is 19.4. The van der Waals surface area contributed by atoms with Gasteiger partial charge in [-0.2, -0.15) is 5.10 Å². The maximum Gasteiger partial charge on any atom is 0.274 e. The molecule has 2 heterocycles. The van der Waals surface area contributed by atoms with Crippen molar-refractivity contribution < 1.29 is 18.0 Å². The fourth-order valence-electron chi connectivity index (χ4n) is 2.96. The summed E-state index contributed by atoms with van der Waals surface area (Å²) in [7, 11) is -3.18. The second-order valence-corrected chi connectivity index (χ2v) is 9.02. The van der Waals surface area contributed by atoms with Crippen LogP contribution in [0.15, 0.2) is 30.3 Å². The van der Waals surface area contributed by atoms with Crippen LogP contribution in [0.3, 0.4) is 0 Å². The van der Waals surface area contributed by atoms with Crippen LogP contribution in [0.4, 0.5) is 0 Å². The Morgan fingerprint density at radius 3 is 2.59 bits per heavy atom. The quantitative estimate of drug-likeness (QED) is 0.733. The number of aromatic nitrogens is 2. The Morgan fingerprint density at radius 1 is 1.26 bits per heavy atom. The van der Waals surface area contributed by atoms with Crippen LogP contribution in [-0.2, 0) is 21.2 Å². The number of benzene rings is 1. The maximum atomic E-state index is 12.4.